The summed E-state index contributed by atoms with van der Waals surface area (Å²) in [5.41, 5.74) is 2.51. The quantitative estimate of drug-likeness (QED) is 0.835. The van der Waals surface area contributed by atoms with Gasteiger partial charge < -0.3 is 15.5 Å². The van der Waals surface area contributed by atoms with E-state index in [0.717, 1.165) is 17.7 Å². The molecule has 0 bridgehead atoms. The van der Waals surface area contributed by atoms with Crippen LogP contribution >= 0.6 is 0 Å². The summed E-state index contributed by atoms with van der Waals surface area (Å²) < 4.78 is 0. The van der Waals surface area contributed by atoms with E-state index in [1.165, 1.54) is 0 Å². The molecule has 1 saturated heterocycles. The number of carbonyl (C=O) groups is 2. The number of nitrogens with zero attached hydrogens (tertiary/aromatic N) is 1. The molecule has 1 aliphatic rings. The SMILES string of the molecule is CNc1cc(C)ccc1C(=O)N1CCCNC(=O)C1. The van der Waals surface area contributed by atoms with Crippen molar-refractivity contribution in [2.45, 2.75) is 13.3 Å². The molecule has 0 unspecified atom stereocenters. The Morgan fingerprint density at radius 3 is 2.95 bits per heavy atom. The van der Waals surface area contributed by atoms with Gasteiger partial charge in [-0.1, -0.05) is 6.07 Å². The molecule has 2 N–H and O–H groups in total. The highest BCUT2D eigenvalue weighted by Crippen LogP contribution is 2.19. The molecule has 19 heavy (non-hydrogen) atoms. The van der Waals surface area contributed by atoms with Crippen LogP contribution in [0.3, 0.4) is 0 Å². The van der Waals surface area contributed by atoms with E-state index in [9.17, 15) is 9.59 Å². The zero-order chi connectivity index (χ0) is 13.8. The minimum Gasteiger partial charge on any atom is -0.387 e. The lowest BCUT2D eigenvalue weighted by Crippen LogP contribution is -2.37. The lowest BCUT2D eigenvalue weighted by Gasteiger charge is -2.20. The van der Waals surface area contributed by atoms with Gasteiger partial charge in [0.25, 0.3) is 5.91 Å². The van der Waals surface area contributed by atoms with E-state index in [1.54, 1.807) is 11.9 Å². The van der Waals surface area contributed by atoms with Crippen LogP contribution in [0.5, 0.6) is 0 Å². The molecule has 0 aromatic heterocycles. The van der Waals surface area contributed by atoms with E-state index in [4.69, 9.17) is 0 Å². The van der Waals surface area contributed by atoms with Crippen molar-refractivity contribution in [3.8, 4) is 0 Å². The molecule has 1 fully saturated rings. The first-order valence-corrected chi connectivity index (χ1v) is 6.46. The molecule has 5 heteroatoms. The van der Waals surface area contributed by atoms with Crippen molar-refractivity contribution in [1.82, 2.24) is 10.2 Å². The van der Waals surface area contributed by atoms with Crippen LogP contribution in [-0.2, 0) is 4.79 Å². The third kappa shape index (κ3) is 3.05. The monoisotopic (exact) mass is 261 g/mol. The van der Waals surface area contributed by atoms with Crippen LogP contribution in [0.2, 0.25) is 0 Å². The van der Waals surface area contributed by atoms with Gasteiger partial charge in [-0.25, -0.2) is 0 Å². The minimum absolute atomic E-state index is 0.0935. The first-order valence-electron chi connectivity index (χ1n) is 6.46. The predicted octanol–water partition coefficient (Wildman–Crippen LogP) is 0.999. The van der Waals surface area contributed by atoms with Crippen LogP contribution in [-0.4, -0.2) is 43.4 Å². The van der Waals surface area contributed by atoms with Crippen LogP contribution in [0.15, 0.2) is 18.2 Å². The van der Waals surface area contributed by atoms with E-state index in [1.807, 2.05) is 25.1 Å². The maximum Gasteiger partial charge on any atom is 0.256 e. The topological polar surface area (TPSA) is 61.4 Å². The second-order valence-electron chi connectivity index (χ2n) is 4.73. The second-order valence-corrected chi connectivity index (χ2v) is 4.73. The fourth-order valence-corrected chi connectivity index (χ4v) is 2.20. The summed E-state index contributed by atoms with van der Waals surface area (Å²) in [7, 11) is 1.79. The summed E-state index contributed by atoms with van der Waals surface area (Å²) in [5.74, 6) is -0.189. The molecule has 0 atom stereocenters. The van der Waals surface area contributed by atoms with Crippen LogP contribution in [0.4, 0.5) is 5.69 Å². The van der Waals surface area contributed by atoms with Gasteiger partial charge in [0.05, 0.1) is 12.1 Å². The molecule has 1 aliphatic heterocycles. The van der Waals surface area contributed by atoms with Gasteiger partial charge in [-0.2, -0.15) is 0 Å². The fraction of sp³-hybridized carbons (Fsp3) is 0.429. The minimum atomic E-state index is -0.0959. The Morgan fingerprint density at radius 2 is 2.21 bits per heavy atom. The highest BCUT2D eigenvalue weighted by molar-refractivity contribution is 6.01. The molecule has 5 nitrogen and oxygen atoms in total. The Balaban J connectivity index is 2.25. The van der Waals surface area contributed by atoms with Crippen molar-refractivity contribution in [3.63, 3.8) is 0 Å². The van der Waals surface area contributed by atoms with Crippen LogP contribution < -0.4 is 10.6 Å². The normalized spacial score (nSPS) is 15.7. The summed E-state index contributed by atoms with van der Waals surface area (Å²) in [6.45, 7) is 3.36. The van der Waals surface area contributed by atoms with Crippen molar-refractivity contribution < 1.29 is 9.59 Å². The molecule has 0 radical (unpaired) electrons. The molecule has 1 aromatic rings. The smallest absolute Gasteiger partial charge is 0.256 e. The van der Waals surface area contributed by atoms with Gasteiger partial charge in [0, 0.05) is 25.8 Å². The van der Waals surface area contributed by atoms with Crippen molar-refractivity contribution in [3.05, 3.63) is 29.3 Å². The highest BCUT2D eigenvalue weighted by Gasteiger charge is 2.22. The summed E-state index contributed by atoms with van der Waals surface area (Å²) in [6.07, 6.45) is 0.790. The third-order valence-corrected chi connectivity index (χ3v) is 3.22. The van der Waals surface area contributed by atoms with E-state index >= 15 is 0 Å². The summed E-state index contributed by atoms with van der Waals surface area (Å²) in [4.78, 5) is 25.6. The summed E-state index contributed by atoms with van der Waals surface area (Å²) in [5, 5.41) is 5.81. The van der Waals surface area contributed by atoms with Crippen molar-refractivity contribution >= 4 is 17.5 Å². The number of hydrogen-bond donors (Lipinski definition) is 2. The second kappa shape index (κ2) is 5.73. The Kier molecular flexibility index (Phi) is 4.04. The molecule has 0 spiro atoms. The molecule has 1 heterocycles. The van der Waals surface area contributed by atoms with Gasteiger partial charge >= 0.3 is 0 Å². The number of anilines is 1. The third-order valence-electron chi connectivity index (χ3n) is 3.22. The number of nitrogens with one attached hydrogen (secondary N) is 2. The molecule has 2 amide bonds. The largest absolute Gasteiger partial charge is 0.387 e. The van der Waals surface area contributed by atoms with Gasteiger partial charge in [-0.05, 0) is 31.0 Å². The number of carbonyl (C=O) groups excluding carboxylic acids is 2. The van der Waals surface area contributed by atoms with E-state index < -0.39 is 0 Å². The van der Waals surface area contributed by atoms with E-state index in [2.05, 4.69) is 10.6 Å². The van der Waals surface area contributed by atoms with Crippen molar-refractivity contribution in [1.29, 1.82) is 0 Å². The molecular weight excluding hydrogens is 242 g/mol. The molecule has 102 valence electrons. The number of aryl methyl sites for hydroxylation is 1. The van der Waals surface area contributed by atoms with Crippen molar-refractivity contribution in [2.24, 2.45) is 0 Å². The molecule has 0 saturated carbocycles. The van der Waals surface area contributed by atoms with Gasteiger partial charge in [-0.15, -0.1) is 0 Å². The number of amides is 2. The first-order chi connectivity index (χ1) is 9.11. The Labute approximate surface area is 113 Å². The lowest BCUT2D eigenvalue weighted by molar-refractivity contribution is -0.121. The van der Waals surface area contributed by atoms with Gasteiger partial charge in [0.15, 0.2) is 0 Å². The molecule has 0 aliphatic carbocycles. The maximum absolute atomic E-state index is 12.5. The van der Waals surface area contributed by atoms with E-state index in [0.29, 0.717) is 18.7 Å². The zero-order valence-corrected chi connectivity index (χ0v) is 11.3. The average molecular weight is 261 g/mol. The van der Waals surface area contributed by atoms with Gasteiger partial charge in [0.1, 0.15) is 0 Å². The fourth-order valence-electron chi connectivity index (χ4n) is 2.20. The Morgan fingerprint density at radius 1 is 1.42 bits per heavy atom. The van der Waals surface area contributed by atoms with Crippen LogP contribution in [0.25, 0.3) is 0 Å². The first kappa shape index (κ1) is 13.4. The van der Waals surface area contributed by atoms with E-state index in [-0.39, 0.29) is 18.4 Å². The standard InChI is InChI=1S/C14H19N3O2/c1-10-4-5-11(12(8-10)15-2)14(19)17-7-3-6-16-13(18)9-17/h4-5,8,15H,3,6-7,9H2,1-2H3,(H,16,18). The van der Waals surface area contributed by atoms with Gasteiger partial charge in [0.2, 0.25) is 5.91 Å². The van der Waals surface area contributed by atoms with Gasteiger partial charge in [-0.3, -0.25) is 9.59 Å². The lowest BCUT2D eigenvalue weighted by atomic mass is 10.1. The summed E-state index contributed by atoms with van der Waals surface area (Å²) in [6, 6.07) is 5.66. The van der Waals surface area contributed by atoms with Crippen LogP contribution in [0.1, 0.15) is 22.3 Å². The molecular formula is C14H19N3O2. The Hall–Kier alpha value is -2.04. The Bertz CT molecular complexity index is 499. The number of benzene rings is 1. The van der Waals surface area contributed by atoms with Crippen molar-refractivity contribution in [2.75, 3.05) is 32.0 Å². The summed E-state index contributed by atoms with van der Waals surface area (Å²) >= 11 is 0. The number of hydrogen-bond acceptors (Lipinski definition) is 3. The molecule has 2 rings (SSSR count). The van der Waals surface area contributed by atoms with Crippen LogP contribution in [0, 0.1) is 6.92 Å². The zero-order valence-electron chi connectivity index (χ0n) is 11.3. The predicted molar refractivity (Wildman–Crippen MR) is 74.3 cm³/mol. The highest BCUT2D eigenvalue weighted by atomic mass is 16.2. The average Bonchev–Trinajstić information content (AvgIpc) is 2.62. The molecule has 1 aromatic carbocycles. The maximum atomic E-state index is 12.5. The number of rotatable bonds is 2.